The van der Waals surface area contributed by atoms with Gasteiger partial charge < -0.3 is 10.2 Å². The molecule has 1 amide bonds. The fraction of sp³-hybridized carbons (Fsp3) is 0.462. The first-order valence-corrected chi connectivity index (χ1v) is 6.48. The number of nitrogens with one attached hydrogen (secondary N) is 1. The second-order valence-electron chi connectivity index (χ2n) is 4.98. The first kappa shape index (κ1) is 14.6. The van der Waals surface area contributed by atoms with E-state index in [1.165, 1.54) is 12.1 Å². The second kappa shape index (κ2) is 5.27. The third-order valence-electron chi connectivity index (χ3n) is 3.77. The molecule has 1 aliphatic carbocycles. The van der Waals surface area contributed by atoms with Gasteiger partial charge in [-0.15, -0.1) is 12.4 Å². The molecule has 6 heteroatoms. The number of carbonyl (C=O) groups is 1. The summed E-state index contributed by atoms with van der Waals surface area (Å²) in [7, 11) is 0. The Morgan fingerprint density at radius 2 is 2.16 bits per heavy atom. The molecule has 1 heterocycles. The molecule has 104 valence electrons. The Kier molecular flexibility index (Phi) is 4.04. The van der Waals surface area contributed by atoms with Gasteiger partial charge in [0.15, 0.2) is 0 Å². The van der Waals surface area contributed by atoms with Crippen LogP contribution in [0.4, 0.5) is 4.39 Å². The van der Waals surface area contributed by atoms with Crippen molar-refractivity contribution in [3.63, 3.8) is 0 Å². The zero-order chi connectivity index (χ0) is 12.8. The molecule has 3 nitrogen and oxygen atoms in total. The lowest BCUT2D eigenvalue weighted by Crippen LogP contribution is -2.55. The average Bonchev–Trinajstić information content (AvgIpc) is 3.09. The van der Waals surface area contributed by atoms with Crippen LogP contribution in [-0.2, 0) is 0 Å². The minimum Gasteiger partial charge on any atom is -0.330 e. The van der Waals surface area contributed by atoms with Gasteiger partial charge in [0.05, 0.1) is 11.1 Å². The van der Waals surface area contributed by atoms with Crippen LogP contribution in [0, 0.1) is 5.82 Å². The summed E-state index contributed by atoms with van der Waals surface area (Å²) in [6, 6.07) is 4.22. The lowest BCUT2D eigenvalue weighted by molar-refractivity contribution is 0.0596. The summed E-state index contributed by atoms with van der Waals surface area (Å²) < 4.78 is 13.8. The summed E-state index contributed by atoms with van der Waals surface area (Å²) >= 11 is 5.70. The van der Waals surface area contributed by atoms with Crippen LogP contribution >= 0.6 is 24.0 Å². The minimum atomic E-state index is -0.540. The zero-order valence-corrected chi connectivity index (χ0v) is 11.9. The highest BCUT2D eigenvalue weighted by molar-refractivity contribution is 6.30. The second-order valence-corrected chi connectivity index (χ2v) is 5.42. The van der Waals surface area contributed by atoms with Gasteiger partial charge in [0.2, 0.25) is 0 Å². The van der Waals surface area contributed by atoms with Gasteiger partial charge in [-0.3, -0.25) is 4.79 Å². The lowest BCUT2D eigenvalue weighted by atomic mass is 10.1. The van der Waals surface area contributed by atoms with Crippen LogP contribution in [0.15, 0.2) is 18.2 Å². The van der Waals surface area contributed by atoms with Gasteiger partial charge in [-0.2, -0.15) is 0 Å². The molecule has 3 rings (SSSR count). The van der Waals surface area contributed by atoms with Crippen LogP contribution < -0.4 is 5.32 Å². The van der Waals surface area contributed by atoms with Crippen molar-refractivity contribution in [1.82, 2.24) is 10.2 Å². The SMILES string of the molecule is Cl.O=C(c1ccc(Cl)cc1F)N1CCNCC12CC2. The Labute approximate surface area is 122 Å². The van der Waals surface area contributed by atoms with Crippen molar-refractivity contribution in [3.8, 4) is 0 Å². The molecule has 1 aromatic carbocycles. The summed E-state index contributed by atoms with van der Waals surface area (Å²) in [5.41, 5.74) is 0.0501. The number of halogens is 3. The molecule has 0 unspecified atom stereocenters. The van der Waals surface area contributed by atoms with Crippen molar-refractivity contribution >= 4 is 29.9 Å². The van der Waals surface area contributed by atoms with Gasteiger partial charge in [-0.25, -0.2) is 4.39 Å². The molecule has 19 heavy (non-hydrogen) atoms. The highest BCUT2D eigenvalue weighted by Gasteiger charge is 2.51. The van der Waals surface area contributed by atoms with Crippen molar-refractivity contribution in [2.45, 2.75) is 18.4 Å². The molecule has 0 radical (unpaired) electrons. The van der Waals surface area contributed by atoms with E-state index in [2.05, 4.69) is 5.32 Å². The van der Waals surface area contributed by atoms with Crippen molar-refractivity contribution in [2.75, 3.05) is 19.6 Å². The van der Waals surface area contributed by atoms with Crippen LogP contribution in [0.3, 0.4) is 0 Å². The van der Waals surface area contributed by atoms with Gasteiger partial charge >= 0.3 is 0 Å². The molecular weight excluding hydrogens is 290 g/mol. The summed E-state index contributed by atoms with van der Waals surface area (Å²) in [6.07, 6.45) is 2.00. The number of hydrogen-bond donors (Lipinski definition) is 1. The van der Waals surface area contributed by atoms with E-state index >= 15 is 0 Å². The van der Waals surface area contributed by atoms with Crippen molar-refractivity contribution in [1.29, 1.82) is 0 Å². The maximum Gasteiger partial charge on any atom is 0.257 e. The van der Waals surface area contributed by atoms with E-state index in [1.54, 1.807) is 6.07 Å². The average molecular weight is 305 g/mol. The molecule has 1 saturated carbocycles. The zero-order valence-electron chi connectivity index (χ0n) is 10.3. The first-order chi connectivity index (χ1) is 8.62. The Morgan fingerprint density at radius 1 is 1.42 bits per heavy atom. The molecule has 1 saturated heterocycles. The molecule has 0 atom stereocenters. The number of amides is 1. The van der Waals surface area contributed by atoms with E-state index in [9.17, 15) is 9.18 Å². The fourth-order valence-electron chi connectivity index (χ4n) is 2.56. The highest BCUT2D eigenvalue weighted by atomic mass is 35.5. The minimum absolute atomic E-state index is 0. The summed E-state index contributed by atoms with van der Waals surface area (Å²) in [5.74, 6) is -0.759. The summed E-state index contributed by atoms with van der Waals surface area (Å²) in [4.78, 5) is 14.2. The van der Waals surface area contributed by atoms with E-state index in [4.69, 9.17) is 11.6 Å². The third-order valence-corrected chi connectivity index (χ3v) is 4.01. The standard InChI is InChI=1S/C13H14ClFN2O.ClH/c14-9-1-2-10(11(15)7-9)12(18)17-6-5-16-8-13(17)3-4-13;/h1-2,7,16H,3-6,8H2;1H. The first-order valence-electron chi connectivity index (χ1n) is 6.10. The topological polar surface area (TPSA) is 32.3 Å². The quantitative estimate of drug-likeness (QED) is 0.864. The predicted molar refractivity (Wildman–Crippen MR) is 74.5 cm³/mol. The molecule has 1 spiro atoms. The Balaban J connectivity index is 0.00000133. The maximum absolute atomic E-state index is 13.8. The Hall–Kier alpha value is -0.840. The Bertz CT molecular complexity index is 505. The Morgan fingerprint density at radius 3 is 2.79 bits per heavy atom. The molecule has 1 N–H and O–H groups in total. The number of benzene rings is 1. The molecular formula is C13H15Cl2FN2O. The van der Waals surface area contributed by atoms with Crippen LogP contribution in [-0.4, -0.2) is 36.0 Å². The fourth-order valence-corrected chi connectivity index (χ4v) is 2.72. The van der Waals surface area contributed by atoms with Crippen molar-refractivity contribution < 1.29 is 9.18 Å². The smallest absolute Gasteiger partial charge is 0.257 e. The largest absolute Gasteiger partial charge is 0.330 e. The highest BCUT2D eigenvalue weighted by Crippen LogP contribution is 2.43. The van der Waals surface area contributed by atoms with Crippen molar-refractivity contribution in [3.05, 3.63) is 34.6 Å². The molecule has 1 aliphatic heterocycles. The molecule has 0 aromatic heterocycles. The van der Waals surface area contributed by atoms with Gasteiger partial charge in [-0.1, -0.05) is 11.6 Å². The van der Waals surface area contributed by atoms with E-state index in [1.807, 2.05) is 4.90 Å². The van der Waals surface area contributed by atoms with E-state index in [0.29, 0.717) is 11.6 Å². The van der Waals surface area contributed by atoms with Crippen LogP contribution in [0.2, 0.25) is 5.02 Å². The molecule has 1 aromatic rings. The third kappa shape index (κ3) is 2.57. The van der Waals surface area contributed by atoms with E-state index in [0.717, 1.165) is 25.9 Å². The van der Waals surface area contributed by atoms with Crippen LogP contribution in [0.5, 0.6) is 0 Å². The molecule has 0 bridgehead atoms. The van der Waals surface area contributed by atoms with E-state index in [-0.39, 0.29) is 29.4 Å². The van der Waals surface area contributed by atoms with Crippen LogP contribution in [0.25, 0.3) is 0 Å². The lowest BCUT2D eigenvalue weighted by Gasteiger charge is -2.36. The number of carbonyl (C=O) groups excluding carboxylic acids is 1. The van der Waals surface area contributed by atoms with Gasteiger partial charge in [0.1, 0.15) is 5.82 Å². The predicted octanol–water partition coefficient (Wildman–Crippen LogP) is 2.48. The summed E-state index contributed by atoms with van der Waals surface area (Å²) in [6.45, 7) is 2.22. The number of hydrogen-bond acceptors (Lipinski definition) is 2. The van der Waals surface area contributed by atoms with E-state index < -0.39 is 5.82 Å². The normalized spacial score (nSPS) is 20.0. The van der Waals surface area contributed by atoms with Gasteiger partial charge in [-0.05, 0) is 31.0 Å². The maximum atomic E-state index is 13.8. The van der Waals surface area contributed by atoms with Crippen molar-refractivity contribution in [2.24, 2.45) is 0 Å². The number of rotatable bonds is 1. The number of nitrogens with zero attached hydrogens (tertiary/aromatic N) is 1. The number of piperazine rings is 1. The van der Waals surface area contributed by atoms with Gasteiger partial charge in [0.25, 0.3) is 5.91 Å². The molecule has 2 fully saturated rings. The monoisotopic (exact) mass is 304 g/mol. The van der Waals surface area contributed by atoms with Crippen LogP contribution in [0.1, 0.15) is 23.2 Å². The van der Waals surface area contributed by atoms with Gasteiger partial charge in [0, 0.05) is 24.7 Å². The summed E-state index contributed by atoms with van der Waals surface area (Å²) in [5, 5.41) is 3.60. The molecule has 2 aliphatic rings.